The number of carbonyl (C=O) groups excluding carboxylic acids is 1. The van der Waals surface area contributed by atoms with Gasteiger partial charge in [0.05, 0.1) is 28.1 Å². The number of hydrogen-bond donors (Lipinski definition) is 3. The normalized spacial score (nSPS) is 21.0. The second-order valence-electron chi connectivity index (χ2n) is 13.1. The molecule has 1 atom stereocenters. The zero-order valence-electron chi connectivity index (χ0n) is 28.1. The van der Waals surface area contributed by atoms with Crippen LogP contribution in [-0.4, -0.2) is 97.9 Å². The fourth-order valence-corrected chi connectivity index (χ4v) is 8.29. The average molecular weight is 664 g/mol. The number of ether oxygens (including phenoxy) is 1. The average Bonchev–Trinajstić information content (AvgIpc) is 3.46. The Morgan fingerprint density at radius 2 is 1.83 bits per heavy atom. The van der Waals surface area contributed by atoms with Crippen LogP contribution in [0.5, 0.6) is 5.75 Å². The Morgan fingerprint density at radius 3 is 2.55 bits per heavy atom. The molecule has 2 fully saturated rings. The summed E-state index contributed by atoms with van der Waals surface area (Å²) in [5.41, 5.74) is 3.94. The number of nitrogens with one attached hydrogen (secondary N) is 3. The number of piperazine rings is 1. The van der Waals surface area contributed by atoms with Crippen LogP contribution in [0, 0.1) is 0 Å². The van der Waals surface area contributed by atoms with Gasteiger partial charge in [0.1, 0.15) is 17.6 Å². The number of aromatic nitrogens is 1. The van der Waals surface area contributed by atoms with Crippen LogP contribution < -0.4 is 20.7 Å². The van der Waals surface area contributed by atoms with Gasteiger partial charge in [-0.3, -0.25) is 9.69 Å². The molecule has 2 saturated heterocycles. The molecule has 12 heteroatoms. The van der Waals surface area contributed by atoms with E-state index >= 15 is 0 Å². The van der Waals surface area contributed by atoms with Crippen molar-refractivity contribution in [2.75, 3.05) is 51.2 Å². The van der Waals surface area contributed by atoms with Gasteiger partial charge in [-0.05, 0) is 70.2 Å². The van der Waals surface area contributed by atoms with Gasteiger partial charge in [-0.2, -0.15) is 0 Å². The molecule has 254 valence electrons. The molecule has 4 heterocycles. The Balaban J connectivity index is 1.19. The van der Waals surface area contributed by atoms with Gasteiger partial charge in [0.15, 0.2) is 15.7 Å². The minimum absolute atomic E-state index is 0.0476. The summed E-state index contributed by atoms with van der Waals surface area (Å²) < 4.78 is 34.5. The smallest absolute Gasteiger partial charge is 0.253 e. The predicted octanol–water partition coefficient (Wildman–Crippen LogP) is 3.65. The van der Waals surface area contributed by atoms with Crippen molar-refractivity contribution in [2.45, 2.75) is 70.3 Å². The molecule has 2 aromatic rings. The first-order chi connectivity index (χ1) is 22.7. The minimum atomic E-state index is -3.47. The fraction of sp³-hybridized carbons (Fsp3) is 0.543. The maximum absolute atomic E-state index is 13.6. The summed E-state index contributed by atoms with van der Waals surface area (Å²) in [6.45, 7) is 11.6. The highest BCUT2D eigenvalue weighted by atomic mass is 32.2. The highest BCUT2D eigenvalue weighted by Gasteiger charge is 2.31. The number of carbonyl (C=O) groups is 1. The number of amides is 1. The van der Waals surface area contributed by atoms with E-state index in [-0.39, 0.29) is 12.1 Å². The number of benzene rings is 1. The zero-order chi connectivity index (χ0) is 33.1. The van der Waals surface area contributed by atoms with Crippen molar-refractivity contribution in [3.05, 3.63) is 70.0 Å². The summed E-state index contributed by atoms with van der Waals surface area (Å²) in [5, 5.41) is 9.85. The number of nitrogens with zero attached hydrogens (tertiary/aromatic N) is 4. The number of aliphatic imine (C=N–C) groups is 1. The van der Waals surface area contributed by atoms with Gasteiger partial charge >= 0.3 is 0 Å². The molecule has 1 amide bonds. The molecule has 1 aromatic heterocycles. The maximum atomic E-state index is 13.6. The number of hydrogen-bond acceptors (Lipinski definition) is 9. The number of fused-ring (bicyclic) bond motifs is 1. The van der Waals surface area contributed by atoms with Crippen molar-refractivity contribution in [2.24, 2.45) is 12.0 Å². The maximum Gasteiger partial charge on any atom is 0.253 e. The Hall–Kier alpha value is -3.61. The van der Waals surface area contributed by atoms with Crippen LogP contribution in [-0.2, 0) is 23.3 Å². The van der Waals surface area contributed by atoms with Crippen molar-refractivity contribution in [1.82, 2.24) is 25.0 Å². The van der Waals surface area contributed by atoms with E-state index in [4.69, 9.17) is 9.73 Å². The molecule has 11 nitrogen and oxygen atoms in total. The Kier molecular flexibility index (Phi) is 10.1. The van der Waals surface area contributed by atoms with Crippen LogP contribution >= 0.6 is 0 Å². The van der Waals surface area contributed by atoms with Crippen molar-refractivity contribution in [3.63, 3.8) is 0 Å². The van der Waals surface area contributed by atoms with E-state index in [0.717, 1.165) is 75.5 Å². The van der Waals surface area contributed by atoms with Crippen molar-refractivity contribution in [3.8, 4) is 5.75 Å². The lowest BCUT2D eigenvalue weighted by atomic mass is 10.0. The third-order valence-electron chi connectivity index (χ3n) is 9.64. The van der Waals surface area contributed by atoms with Crippen LogP contribution in [0.25, 0.3) is 0 Å². The molecule has 47 heavy (non-hydrogen) atoms. The monoisotopic (exact) mass is 663 g/mol. The molecule has 1 aliphatic carbocycles. The first-order valence-corrected chi connectivity index (χ1v) is 18.6. The van der Waals surface area contributed by atoms with Crippen molar-refractivity contribution < 1.29 is 17.9 Å². The standard InChI is InChI=1S/C35H49N7O4S/c1-5-46-30-22-26(35(43)42-18-12-27(13-19-42)41-20-15-36-16-21-41)11-10-25(30)23-32-37-29-14-17-40(4)33(29)34(39-32)38-28-8-6-7-9-31(28)47(44,45)24(2)3/h8-11,14,17,22,24,27,32,36-37H,5-7,12-13,15-16,18-21,23H2,1-4H3,(H,38,39). The number of piperidine rings is 1. The number of allylic oxidation sites excluding steroid dienone is 2. The van der Waals surface area contributed by atoms with E-state index in [1.54, 1.807) is 13.8 Å². The molecule has 1 aromatic carbocycles. The number of sulfone groups is 1. The molecule has 3 N–H and O–H groups in total. The third-order valence-corrected chi connectivity index (χ3v) is 11.9. The number of likely N-dealkylation sites (tertiary alicyclic amines) is 1. The molecule has 3 aliphatic heterocycles. The number of amidine groups is 1. The predicted molar refractivity (Wildman–Crippen MR) is 187 cm³/mol. The van der Waals surface area contributed by atoms with E-state index in [0.29, 0.717) is 53.2 Å². The summed E-state index contributed by atoms with van der Waals surface area (Å²) in [5.74, 6) is 1.34. The fourth-order valence-electron chi connectivity index (χ4n) is 6.99. The summed E-state index contributed by atoms with van der Waals surface area (Å²) in [6.07, 6.45) is 9.36. The molecular weight excluding hydrogens is 614 g/mol. The molecule has 0 saturated carbocycles. The minimum Gasteiger partial charge on any atom is -0.494 e. The zero-order valence-corrected chi connectivity index (χ0v) is 28.9. The molecule has 0 spiro atoms. The van der Waals surface area contributed by atoms with Gasteiger partial charge in [-0.15, -0.1) is 0 Å². The summed E-state index contributed by atoms with van der Waals surface area (Å²) in [7, 11) is -1.52. The van der Waals surface area contributed by atoms with Gasteiger partial charge in [0.2, 0.25) is 0 Å². The SMILES string of the molecule is CCOc1cc(C(=O)N2CCC(N3CCNCC3)CC2)ccc1CC1N=C(NC2=CCCC=C2S(=O)(=O)C(C)C)c2c(ccn2C)N1. The number of rotatable bonds is 9. The first kappa shape index (κ1) is 33.3. The number of anilines is 1. The van der Waals surface area contributed by atoms with E-state index in [1.807, 2.05) is 66.1 Å². The summed E-state index contributed by atoms with van der Waals surface area (Å²) >= 11 is 0. The lowest BCUT2D eigenvalue weighted by Gasteiger charge is -2.40. The van der Waals surface area contributed by atoms with Gasteiger partial charge in [-0.1, -0.05) is 18.2 Å². The lowest BCUT2D eigenvalue weighted by molar-refractivity contribution is 0.0601. The molecule has 6 rings (SSSR count). The van der Waals surface area contributed by atoms with Gasteiger partial charge in [-0.25, -0.2) is 13.4 Å². The van der Waals surface area contributed by atoms with Gasteiger partial charge in [0.25, 0.3) is 5.91 Å². The Labute approximate surface area is 279 Å². The van der Waals surface area contributed by atoms with Crippen LogP contribution in [0.3, 0.4) is 0 Å². The molecular formula is C35H49N7O4S. The second-order valence-corrected chi connectivity index (χ2v) is 15.6. The molecule has 0 radical (unpaired) electrons. The van der Waals surface area contributed by atoms with Gasteiger partial charge in [0, 0.05) is 70.5 Å². The molecule has 1 unspecified atom stereocenters. The van der Waals surface area contributed by atoms with Crippen molar-refractivity contribution in [1.29, 1.82) is 0 Å². The number of aryl methyl sites for hydroxylation is 1. The lowest BCUT2D eigenvalue weighted by Crippen LogP contribution is -2.52. The Morgan fingerprint density at radius 1 is 1.09 bits per heavy atom. The van der Waals surface area contributed by atoms with E-state index in [1.165, 1.54) is 0 Å². The van der Waals surface area contributed by atoms with Crippen molar-refractivity contribution >= 4 is 27.3 Å². The highest BCUT2D eigenvalue weighted by Crippen LogP contribution is 2.31. The summed E-state index contributed by atoms with van der Waals surface area (Å²) in [4.78, 5) is 23.5. The van der Waals surface area contributed by atoms with Gasteiger partial charge < -0.3 is 30.2 Å². The Bertz CT molecular complexity index is 1660. The molecule has 4 aliphatic rings. The topological polar surface area (TPSA) is 120 Å². The summed E-state index contributed by atoms with van der Waals surface area (Å²) in [6, 6.07) is 8.32. The van der Waals surface area contributed by atoms with Crippen LogP contribution in [0.2, 0.25) is 0 Å². The van der Waals surface area contributed by atoms with Crippen LogP contribution in [0.15, 0.2) is 58.2 Å². The van der Waals surface area contributed by atoms with E-state index in [9.17, 15) is 13.2 Å². The van der Waals surface area contributed by atoms with Crippen LogP contribution in [0.4, 0.5) is 5.69 Å². The third kappa shape index (κ3) is 7.14. The molecule has 0 bridgehead atoms. The quantitative estimate of drug-likeness (QED) is 0.372. The van der Waals surface area contributed by atoms with E-state index in [2.05, 4.69) is 20.9 Å². The second kappa shape index (κ2) is 14.2. The largest absolute Gasteiger partial charge is 0.494 e. The first-order valence-electron chi connectivity index (χ1n) is 17.1. The van der Waals surface area contributed by atoms with E-state index < -0.39 is 15.1 Å². The van der Waals surface area contributed by atoms with Crippen LogP contribution in [0.1, 0.15) is 68.1 Å². The highest BCUT2D eigenvalue weighted by molar-refractivity contribution is 7.96.